The number of carbonyl (C=O) groups is 1. The SMILES string of the molecule is C#CCNCC(=O)c1c(OC)cccc1OC. The lowest BCUT2D eigenvalue weighted by Gasteiger charge is -2.11. The summed E-state index contributed by atoms with van der Waals surface area (Å²) in [5.74, 6) is 3.28. The molecular formula is C13H15NO3. The number of hydrogen-bond donors (Lipinski definition) is 1. The molecule has 0 radical (unpaired) electrons. The summed E-state index contributed by atoms with van der Waals surface area (Å²) < 4.78 is 10.3. The predicted octanol–water partition coefficient (Wildman–Crippen LogP) is 1.11. The zero-order valence-electron chi connectivity index (χ0n) is 9.95. The number of terminal acetylenes is 1. The molecule has 0 spiro atoms. The summed E-state index contributed by atoms with van der Waals surface area (Å²) in [6.07, 6.45) is 5.09. The first-order valence-corrected chi connectivity index (χ1v) is 5.13. The molecule has 0 heterocycles. The molecule has 1 aromatic rings. The predicted molar refractivity (Wildman–Crippen MR) is 65.6 cm³/mol. The quantitative estimate of drug-likeness (QED) is 0.454. The number of ketones is 1. The van der Waals surface area contributed by atoms with Gasteiger partial charge in [-0.2, -0.15) is 0 Å². The molecule has 0 atom stereocenters. The van der Waals surface area contributed by atoms with Gasteiger partial charge in [0.25, 0.3) is 0 Å². The average molecular weight is 233 g/mol. The summed E-state index contributed by atoms with van der Waals surface area (Å²) in [6, 6.07) is 5.21. The van der Waals surface area contributed by atoms with Crippen LogP contribution in [0, 0.1) is 12.3 Å². The summed E-state index contributed by atoms with van der Waals surface area (Å²) in [5.41, 5.74) is 0.432. The smallest absolute Gasteiger partial charge is 0.184 e. The number of nitrogens with one attached hydrogen (secondary N) is 1. The summed E-state index contributed by atoms with van der Waals surface area (Å²) in [6.45, 7) is 0.504. The third-order valence-corrected chi connectivity index (χ3v) is 2.22. The lowest BCUT2D eigenvalue weighted by molar-refractivity contribution is 0.0986. The third-order valence-electron chi connectivity index (χ3n) is 2.22. The Hall–Kier alpha value is -1.99. The second-order valence-electron chi connectivity index (χ2n) is 3.27. The van der Waals surface area contributed by atoms with Crippen LogP contribution >= 0.6 is 0 Å². The van der Waals surface area contributed by atoms with Crippen molar-refractivity contribution in [3.05, 3.63) is 23.8 Å². The zero-order valence-corrected chi connectivity index (χ0v) is 9.95. The Bertz CT molecular complexity index is 413. The third kappa shape index (κ3) is 3.23. The van der Waals surface area contributed by atoms with E-state index >= 15 is 0 Å². The summed E-state index contributed by atoms with van der Waals surface area (Å²) in [7, 11) is 3.03. The van der Waals surface area contributed by atoms with Gasteiger partial charge in [0.05, 0.1) is 27.3 Å². The molecule has 0 saturated heterocycles. The first-order valence-electron chi connectivity index (χ1n) is 5.13. The van der Waals surface area contributed by atoms with Crippen LogP contribution < -0.4 is 14.8 Å². The molecule has 0 aliphatic rings. The Labute approximate surface area is 101 Å². The van der Waals surface area contributed by atoms with E-state index in [4.69, 9.17) is 15.9 Å². The minimum absolute atomic E-state index is 0.116. The zero-order chi connectivity index (χ0) is 12.7. The Kier molecular flexibility index (Phi) is 5.05. The Morgan fingerprint density at radius 2 is 1.94 bits per heavy atom. The van der Waals surface area contributed by atoms with Gasteiger partial charge >= 0.3 is 0 Å². The van der Waals surface area contributed by atoms with Crippen LogP contribution in [-0.2, 0) is 0 Å². The molecule has 0 aromatic heterocycles. The van der Waals surface area contributed by atoms with Crippen molar-refractivity contribution >= 4 is 5.78 Å². The average Bonchev–Trinajstić information content (AvgIpc) is 2.37. The van der Waals surface area contributed by atoms with Crippen LogP contribution in [0.15, 0.2) is 18.2 Å². The van der Waals surface area contributed by atoms with E-state index in [1.807, 2.05) is 0 Å². The molecule has 4 heteroatoms. The molecule has 1 aromatic carbocycles. The highest BCUT2D eigenvalue weighted by atomic mass is 16.5. The fraction of sp³-hybridized carbons (Fsp3) is 0.308. The van der Waals surface area contributed by atoms with Crippen LogP contribution in [0.25, 0.3) is 0 Å². The van der Waals surface area contributed by atoms with Crippen molar-refractivity contribution in [1.82, 2.24) is 5.32 Å². The van der Waals surface area contributed by atoms with Crippen molar-refractivity contribution in [2.24, 2.45) is 0 Å². The van der Waals surface area contributed by atoms with Crippen molar-refractivity contribution in [1.29, 1.82) is 0 Å². The van der Waals surface area contributed by atoms with Gasteiger partial charge in [0.1, 0.15) is 17.1 Å². The number of ether oxygens (including phenoxy) is 2. The fourth-order valence-corrected chi connectivity index (χ4v) is 1.46. The van der Waals surface area contributed by atoms with E-state index in [2.05, 4.69) is 11.2 Å². The molecule has 4 nitrogen and oxygen atoms in total. The van der Waals surface area contributed by atoms with E-state index in [1.165, 1.54) is 14.2 Å². The number of methoxy groups -OCH3 is 2. The molecule has 0 saturated carbocycles. The molecule has 0 amide bonds. The fourth-order valence-electron chi connectivity index (χ4n) is 1.46. The van der Waals surface area contributed by atoms with E-state index in [1.54, 1.807) is 18.2 Å². The minimum atomic E-state index is -0.116. The van der Waals surface area contributed by atoms with Crippen molar-refractivity contribution in [3.8, 4) is 23.8 Å². The van der Waals surface area contributed by atoms with Crippen molar-refractivity contribution < 1.29 is 14.3 Å². The first kappa shape index (κ1) is 13.1. The monoisotopic (exact) mass is 233 g/mol. The molecule has 1 rings (SSSR count). The van der Waals surface area contributed by atoms with Crippen LogP contribution in [0.5, 0.6) is 11.5 Å². The maximum atomic E-state index is 12.0. The second-order valence-corrected chi connectivity index (χ2v) is 3.27. The molecule has 0 aliphatic heterocycles. The Morgan fingerprint density at radius 3 is 2.41 bits per heavy atom. The van der Waals surface area contributed by atoms with Crippen molar-refractivity contribution in [2.45, 2.75) is 0 Å². The van der Waals surface area contributed by atoms with Crippen LogP contribution in [0.4, 0.5) is 0 Å². The highest BCUT2D eigenvalue weighted by Crippen LogP contribution is 2.28. The van der Waals surface area contributed by atoms with Gasteiger partial charge in [0, 0.05) is 0 Å². The number of Topliss-reactive ketones (excluding diaryl/α,β-unsaturated/α-hetero) is 1. The number of carbonyl (C=O) groups excluding carboxylic acids is 1. The minimum Gasteiger partial charge on any atom is -0.496 e. The molecule has 90 valence electrons. The van der Waals surface area contributed by atoms with E-state index in [0.717, 1.165) is 0 Å². The number of benzene rings is 1. The van der Waals surface area contributed by atoms with E-state index < -0.39 is 0 Å². The lowest BCUT2D eigenvalue weighted by atomic mass is 10.1. The van der Waals surface area contributed by atoms with Gasteiger partial charge in [-0.25, -0.2) is 0 Å². The van der Waals surface area contributed by atoms with Gasteiger partial charge in [-0.15, -0.1) is 6.42 Å². The van der Waals surface area contributed by atoms with Crippen LogP contribution in [-0.4, -0.2) is 33.1 Å². The molecule has 17 heavy (non-hydrogen) atoms. The van der Waals surface area contributed by atoms with Crippen molar-refractivity contribution in [3.63, 3.8) is 0 Å². The Morgan fingerprint density at radius 1 is 1.35 bits per heavy atom. The maximum absolute atomic E-state index is 12.0. The highest BCUT2D eigenvalue weighted by molar-refractivity contribution is 6.02. The summed E-state index contributed by atoms with van der Waals surface area (Å²) in [5, 5.41) is 2.84. The molecular weight excluding hydrogens is 218 g/mol. The van der Waals surface area contributed by atoms with E-state index in [9.17, 15) is 4.79 Å². The first-order chi connectivity index (χ1) is 8.24. The lowest BCUT2D eigenvalue weighted by Crippen LogP contribution is -2.24. The van der Waals surface area contributed by atoms with Crippen molar-refractivity contribution in [2.75, 3.05) is 27.3 Å². The van der Waals surface area contributed by atoms with Crippen LogP contribution in [0.2, 0.25) is 0 Å². The highest BCUT2D eigenvalue weighted by Gasteiger charge is 2.17. The van der Waals surface area contributed by atoms with Crippen LogP contribution in [0.1, 0.15) is 10.4 Å². The largest absolute Gasteiger partial charge is 0.496 e. The standard InChI is InChI=1S/C13H15NO3/c1-4-8-14-9-10(15)13-11(16-2)6-5-7-12(13)17-3/h1,5-7,14H,8-9H2,2-3H3. The summed E-state index contributed by atoms with van der Waals surface area (Å²) >= 11 is 0. The van der Waals surface area contributed by atoms with Gasteiger partial charge in [-0.3, -0.25) is 10.1 Å². The Balaban J connectivity index is 2.94. The maximum Gasteiger partial charge on any atom is 0.184 e. The molecule has 1 N–H and O–H groups in total. The van der Waals surface area contributed by atoms with Gasteiger partial charge in [-0.1, -0.05) is 12.0 Å². The molecule has 0 aliphatic carbocycles. The molecule has 0 unspecified atom stereocenters. The molecule has 0 bridgehead atoms. The molecule has 0 fully saturated rings. The van der Waals surface area contributed by atoms with Gasteiger partial charge in [0.15, 0.2) is 5.78 Å². The normalized spacial score (nSPS) is 9.47. The van der Waals surface area contributed by atoms with Gasteiger partial charge < -0.3 is 9.47 Å². The van der Waals surface area contributed by atoms with E-state index in [-0.39, 0.29) is 12.3 Å². The van der Waals surface area contributed by atoms with Gasteiger partial charge in [0.2, 0.25) is 0 Å². The number of rotatable bonds is 6. The van der Waals surface area contributed by atoms with Crippen LogP contribution in [0.3, 0.4) is 0 Å². The number of hydrogen-bond acceptors (Lipinski definition) is 4. The topological polar surface area (TPSA) is 47.6 Å². The van der Waals surface area contributed by atoms with Gasteiger partial charge in [-0.05, 0) is 12.1 Å². The summed E-state index contributed by atoms with van der Waals surface area (Å²) in [4.78, 5) is 12.0. The van der Waals surface area contributed by atoms with E-state index in [0.29, 0.717) is 23.6 Å². The second kappa shape index (κ2) is 6.56.